The van der Waals surface area contributed by atoms with Crippen molar-refractivity contribution in [2.75, 3.05) is 13.1 Å². The van der Waals surface area contributed by atoms with Gasteiger partial charge in [-0.25, -0.2) is 8.78 Å². The lowest BCUT2D eigenvalue weighted by Crippen LogP contribution is -2.68. The first kappa shape index (κ1) is 14.6. The Morgan fingerprint density at radius 1 is 1.40 bits per heavy atom. The average Bonchev–Trinajstić information content (AvgIpc) is 2.37. The van der Waals surface area contributed by atoms with E-state index in [0.29, 0.717) is 12.5 Å². The van der Waals surface area contributed by atoms with Gasteiger partial charge in [0.05, 0.1) is 11.1 Å². The molecule has 1 amide bonds. The number of phenolic OH excluding ortho intramolecular Hbond substituents is 1. The van der Waals surface area contributed by atoms with E-state index >= 15 is 0 Å². The Bertz CT molecular complexity index is 557. The van der Waals surface area contributed by atoms with E-state index in [1.165, 1.54) is 4.90 Å². The maximum atomic E-state index is 13.6. The quantitative estimate of drug-likeness (QED) is 0.833. The maximum Gasteiger partial charge on any atom is 0.257 e. The minimum Gasteiger partial charge on any atom is -0.503 e. The summed E-state index contributed by atoms with van der Waals surface area (Å²) in [6.07, 6.45) is 1.56. The van der Waals surface area contributed by atoms with E-state index in [1.807, 2.05) is 6.92 Å². The highest BCUT2D eigenvalue weighted by atomic mass is 19.2. The van der Waals surface area contributed by atoms with Crippen LogP contribution in [0.25, 0.3) is 0 Å². The third-order valence-corrected chi connectivity index (χ3v) is 3.41. The molecule has 1 aliphatic heterocycles. The number of rotatable bonds is 3. The monoisotopic (exact) mass is 288 g/mol. The van der Waals surface area contributed by atoms with Crippen LogP contribution in [-0.2, 0) is 0 Å². The smallest absolute Gasteiger partial charge is 0.257 e. The number of benzene rings is 1. The molecular weight excluding hydrogens is 273 g/mol. The number of aromatic hydroxyl groups is 1. The maximum absolute atomic E-state index is 13.6. The molecule has 0 saturated carbocycles. The zero-order valence-electron chi connectivity index (χ0n) is 10.9. The van der Waals surface area contributed by atoms with Gasteiger partial charge in [-0.05, 0) is 12.5 Å². The normalized spacial score (nSPS) is 16.9. The first-order valence-corrected chi connectivity index (χ1v) is 6.23. The van der Waals surface area contributed by atoms with Crippen LogP contribution in [0.4, 0.5) is 13.2 Å². The highest BCUT2D eigenvalue weighted by Crippen LogP contribution is 2.30. The van der Waals surface area contributed by atoms with Crippen molar-refractivity contribution < 1.29 is 23.1 Å². The Kier molecular flexibility index (Phi) is 3.64. The van der Waals surface area contributed by atoms with Crippen LogP contribution in [-0.4, -0.2) is 34.5 Å². The van der Waals surface area contributed by atoms with Crippen molar-refractivity contribution in [3.8, 4) is 5.75 Å². The third-order valence-electron chi connectivity index (χ3n) is 3.41. The molecule has 0 unspecified atom stereocenters. The third kappa shape index (κ3) is 2.33. The number of hydrogen-bond donors (Lipinski definition) is 2. The van der Waals surface area contributed by atoms with Crippen molar-refractivity contribution in [3.05, 3.63) is 29.1 Å². The number of halogens is 3. The Morgan fingerprint density at radius 3 is 2.55 bits per heavy atom. The van der Waals surface area contributed by atoms with Gasteiger partial charge in [0, 0.05) is 13.1 Å². The van der Waals surface area contributed by atoms with Gasteiger partial charge < -0.3 is 15.7 Å². The number of likely N-dealkylation sites (tertiary alicyclic amines) is 1. The summed E-state index contributed by atoms with van der Waals surface area (Å²) >= 11 is 0. The van der Waals surface area contributed by atoms with Crippen molar-refractivity contribution in [1.82, 2.24) is 4.90 Å². The summed E-state index contributed by atoms with van der Waals surface area (Å²) in [4.78, 5) is 13.2. The summed E-state index contributed by atoms with van der Waals surface area (Å²) < 4.78 is 39.7. The Hall–Kier alpha value is -1.76. The van der Waals surface area contributed by atoms with Crippen LogP contribution in [0.1, 0.15) is 30.1 Å². The lowest BCUT2D eigenvalue weighted by atomic mass is 9.86. The van der Waals surface area contributed by atoms with Crippen LogP contribution in [0, 0.1) is 17.5 Å². The molecule has 1 saturated heterocycles. The van der Waals surface area contributed by atoms with Gasteiger partial charge in [0.1, 0.15) is 0 Å². The van der Waals surface area contributed by atoms with Crippen molar-refractivity contribution in [2.45, 2.75) is 25.3 Å². The predicted molar refractivity (Wildman–Crippen MR) is 65.7 cm³/mol. The summed E-state index contributed by atoms with van der Waals surface area (Å²) in [5, 5.41) is 9.09. The fourth-order valence-electron chi connectivity index (χ4n) is 2.43. The minimum atomic E-state index is -1.71. The Labute approximate surface area is 114 Å². The van der Waals surface area contributed by atoms with Gasteiger partial charge in [-0.3, -0.25) is 4.79 Å². The van der Waals surface area contributed by atoms with Gasteiger partial charge in [0.2, 0.25) is 5.82 Å². The van der Waals surface area contributed by atoms with E-state index in [0.717, 1.165) is 6.42 Å². The highest BCUT2D eigenvalue weighted by Gasteiger charge is 2.42. The van der Waals surface area contributed by atoms with Crippen LogP contribution in [0.15, 0.2) is 6.07 Å². The molecule has 0 atom stereocenters. The van der Waals surface area contributed by atoms with E-state index in [-0.39, 0.29) is 13.1 Å². The Morgan fingerprint density at radius 2 is 2.00 bits per heavy atom. The van der Waals surface area contributed by atoms with Gasteiger partial charge in [0.25, 0.3) is 5.91 Å². The van der Waals surface area contributed by atoms with E-state index in [2.05, 4.69) is 0 Å². The molecule has 0 spiro atoms. The fraction of sp³-hybridized carbons (Fsp3) is 0.462. The lowest BCUT2D eigenvalue weighted by molar-refractivity contribution is 0.0380. The van der Waals surface area contributed by atoms with Gasteiger partial charge in [-0.15, -0.1) is 0 Å². The molecule has 1 aliphatic rings. The van der Waals surface area contributed by atoms with Gasteiger partial charge in [-0.1, -0.05) is 13.3 Å². The van der Waals surface area contributed by atoms with E-state index in [9.17, 15) is 18.0 Å². The summed E-state index contributed by atoms with van der Waals surface area (Å²) in [5.74, 6) is -6.93. The largest absolute Gasteiger partial charge is 0.503 e. The molecule has 1 fully saturated rings. The van der Waals surface area contributed by atoms with Crippen LogP contribution < -0.4 is 5.73 Å². The zero-order valence-corrected chi connectivity index (χ0v) is 10.9. The number of nitrogens with zero attached hydrogens (tertiary/aromatic N) is 1. The number of carbonyl (C=O) groups is 1. The number of nitrogens with two attached hydrogens (primary N) is 1. The summed E-state index contributed by atoms with van der Waals surface area (Å²) in [6, 6.07) is 0.447. The molecule has 0 bridgehead atoms. The van der Waals surface area contributed by atoms with Gasteiger partial charge in [-0.2, -0.15) is 4.39 Å². The number of carbonyl (C=O) groups excluding carboxylic acids is 1. The first-order chi connectivity index (χ1) is 9.29. The van der Waals surface area contributed by atoms with Gasteiger partial charge in [0.15, 0.2) is 17.4 Å². The van der Waals surface area contributed by atoms with Gasteiger partial charge >= 0.3 is 0 Å². The van der Waals surface area contributed by atoms with Crippen LogP contribution in [0.5, 0.6) is 5.75 Å². The zero-order chi connectivity index (χ0) is 15.1. The predicted octanol–water partition coefficient (Wildman–Crippen LogP) is 1.76. The highest BCUT2D eigenvalue weighted by molar-refractivity contribution is 5.95. The molecule has 7 heteroatoms. The van der Waals surface area contributed by atoms with Crippen LogP contribution in [0.2, 0.25) is 0 Å². The molecule has 3 N–H and O–H groups in total. The molecule has 20 heavy (non-hydrogen) atoms. The molecule has 0 radical (unpaired) electrons. The molecule has 1 aromatic carbocycles. The topological polar surface area (TPSA) is 66.6 Å². The second-order valence-corrected chi connectivity index (χ2v) is 5.16. The average molecular weight is 288 g/mol. The number of phenols is 1. The number of hydrogen-bond acceptors (Lipinski definition) is 3. The SMILES string of the molecule is CCCC1(N)CN(C(=O)c2cc(F)c(F)c(O)c2F)C1. The number of amides is 1. The summed E-state index contributed by atoms with van der Waals surface area (Å²) in [6.45, 7) is 2.39. The van der Waals surface area contributed by atoms with E-state index in [1.54, 1.807) is 0 Å². The van der Waals surface area contributed by atoms with Crippen LogP contribution >= 0.6 is 0 Å². The van der Waals surface area contributed by atoms with Crippen molar-refractivity contribution in [2.24, 2.45) is 5.73 Å². The molecule has 2 rings (SSSR count). The second kappa shape index (κ2) is 4.97. The van der Waals surface area contributed by atoms with Crippen molar-refractivity contribution in [1.29, 1.82) is 0 Å². The fourth-order valence-corrected chi connectivity index (χ4v) is 2.43. The van der Waals surface area contributed by atoms with Crippen LogP contribution in [0.3, 0.4) is 0 Å². The summed E-state index contributed by atoms with van der Waals surface area (Å²) in [7, 11) is 0. The molecule has 110 valence electrons. The first-order valence-electron chi connectivity index (χ1n) is 6.23. The molecule has 1 heterocycles. The molecule has 1 aromatic rings. The van der Waals surface area contributed by atoms with E-state index in [4.69, 9.17) is 10.8 Å². The van der Waals surface area contributed by atoms with Crippen molar-refractivity contribution >= 4 is 5.91 Å². The minimum absolute atomic E-state index is 0.221. The molecule has 4 nitrogen and oxygen atoms in total. The van der Waals surface area contributed by atoms with E-state index < -0.39 is 40.2 Å². The standard InChI is InChI=1S/C13H15F3N2O2/c1-2-3-13(17)5-18(6-13)12(20)7-4-8(14)10(16)11(19)9(7)15/h4,19H,2-3,5-6,17H2,1H3. The molecule has 0 aliphatic carbocycles. The lowest BCUT2D eigenvalue weighted by Gasteiger charge is -2.47. The second-order valence-electron chi connectivity index (χ2n) is 5.16. The molecular formula is C13H15F3N2O2. The molecule has 0 aromatic heterocycles. The van der Waals surface area contributed by atoms with Crippen molar-refractivity contribution in [3.63, 3.8) is 0 Å². The Balaban J connectivity index is 2.20. The summed E-state index contributed by atoms with van der Waals surface area (Å²) in [5.41, 5.74) is 4.76.